The molecule has 2 saturated heterocycles. The Labute approximate surface area is 104 Å². The summed E-state index contributed by atoms with van der Waals surface area (Å²) in [5, 5.41) is 32.3. The molecule has 0 aromatic heterocycles. The van der Waals surface area contributed by atoms with Crippen LogP contribution in [0.5, 0.6) is 0 Å². The van der Waals surface area contributed by atoms with Gasteiger partial charge in [-0.15, -0.1) is 0 Å². The van der Waals surface area contributed by atoms with Crippen molar-refractivity contribution in [2.24, 2.45) is 5.73 Å². The number of nitrogens with one attached hydrogen (secondary N) is 1. The molecule has 8 nitrogen and oxygen atoms in total. The number of carbonyl (C=O) groups is 1. The molecule has 0 saturated carbocycles. The van der Waals surface area contributed by atoms with E-state index in [9.17, 15) is 20.1 Å². The first-order valence-corrected chi connectivity index (χ1v) is 6.00. The Morgan fingerprint density at radius 1 is 1.39 bits per heavy atom. The van der Waals surface area contributed by atoms with E-state index < -0.39 is 30.6 Å². The zero-order chi connectivity index (χ0) is 13.3. The van der Waals surface area contributed by atoms with Crippen LogP contribution >= 0.6 is 0 Å². The van der Waals surface area contributed by atoms with E-state index in [4.69, 9.17) is 10.5 Å². The summed E-state index contributed by atoms with van der Waals surface area (Å²) in [4.78, 5) is 13.0. The summed E-state index contributed by atoms with van der Waals surface area (Å²) in [5.41, 5.74) is 5.37. The minimum atomic E-state index is -1.36. The summed E-state index contributed by atoms with van der Waals surface area (Å²) in [6, 6.07) is -1.37. The molecule has 0 aromatic carbocycles. The lowest BCUT2D eigenvalue weighted by atomic mass is 9.95. The van der Waals surface area contributed by atoms with Crippen molar-refractivity contribution in [3.8, 4) is 0 Å². The van der Waals surface area contributed by atoms with Gasteiger partial charge in [-0.1, -0.05) is 0 Å². The van der Waals surface area contributed by atoms with Crippen LogP contribution in [-0.4, -0.2) is 76.5 Å². The van der Waals surface area contributed by atoms with E-state index in [0.717, 1.165) is 0 Å². The fourth-order valence-corrected chi connectivity index (χ4v) is 2.40. The van der Waals surface area contributed by atoms with E-state index in [1.165, 1.54) is 4.90 Å². The third-order valence-corrected chi connectivity index (χ3v) is 3.39. The van der Waals surface area contributed by atoms with Crippen molar-refractivity contribution in [3.05, 3.63) is 0 Å². The van der Waals surface area contributed by atoms with E-state index in [1.807, 2.05) is 0 Å². The molecular weight excluding hydrogens is 242 g/mol. The third kappa shape index (κ3) is 2.29. The van der Waals surface area contributed by atoms with Crippen LogP contribution in [0.4, 0.5) is 4.79 Å². The molecule has 104 valence electrons. The number of nitrogens with two attached hydrogens (primary N) is 1. The van der Waals surface area contributed by atoms with Gasteiger partial charge in [0.05, 0.1) is 0 Å². The van der Waals surface area contributed by atoms with Crippen LogP contribution < -0.4 is 11.1 Å². The molecule has 5 atom stereocenters. The van der Waals surface area contributed by atoms with Crippen LogP contribution in [0.25, 0.3) is 0 Å². The van der Waals surface area contributed by atoms with Crippen molar-refractivity contribution in [1.29, 1.82) is 0 Å². The molecule has 2 amide bonds. The molecule has 0 bridgehead atoms. The summed E-state index contributed by atoms with van der Waals surface area (Å²) in [6.45, 7) is 0.936. The Hall–Kier alpha value is -0.930. The maximum Gasteiger partial charge on any atom is 0.317 e. The molecule has 2 fully saturated rings. The fourth-order valence-electron chi connectivity index (χ4n) is 2.40. The van der Waals surface area contributed by atoms with Crippen LogP contribution in [0.2, 0.25) is 0 Å². The number of carbonyl (C=O) groups excluding carboxylic acids is 1. The first kappa shape index (κ1) is 13.5. The number of aliphatic hydroxyl groups excluding tert-OH is 3. The number of urea groups is 1. The molecule has 2 aliphatic heterocycles. The Bertz CT molecular complexity index is 316. The predicted octanol–water partition coefficient (Wildman–Crippen LogP) is -2.83. The van der Waals surface area contributed by atoms with Gasteiger partial charge in [0.1, 0.15) is 24.4 Å². The Balaban J connectivity index is 2.13. The van der Waals surface area contributed by atoms with Gasteiger partial charge in [0.25, 0.3) is 0 Å². The molecule has 1 unspecified atom stereocenters. The van der Waals surface area contributed by atoms with Crippen LogP contribution in [0.15, 0.2) is 0 Å². The molecule has 2 rings (SSSR count). The highest BCUT2D eigenvalue weighted by Gasteiger charge is 2.47. The zero-order valence-electron chi connectivity index (χ0n) is 9.90. The lowest BCUT2D eigenvalue weighted by Gasteiger charge is -2.46. The number of rotatable bonds is 2. The summed E-state index contributed by atoms with van der Waals surface area (Å²) in [6.07, 6.45) is -4.00. The van der Waals surface area contributed by atoms with Crippen LogP contribution in [0, 0.1) is 0 Å². The fraction of sp³-hybridized carbons (Fsp3) is 0.900. The second-order valence-corrected chi connectivity index (χ2v) is 4.55. The second-order valence-electron chi connectivity index (χ2n) is 4.55. The molecule has 2 aliphatic rings. The van der Waals surface area contributed by atoms with E-state index in [0.29, 0.717) is 19.5 Å². The van der Waals surface area contributed by atoms with E-state index in [1.54, 1.807) is 0 Å². The quantitative estimate of drug-likeness (QED) is 0.364. The molecule has 0 radical (unpaired) electrons. The number of aliphatic hydroxyl groups is 3. The minimum Gasteiger partial charge on any atom is -0.388 e. The maximum atomic E-state index is 11.7. The van der Waals surface area contributed by atoms with Gasteiger partial charge < -0.3 is 36.0 Å². The molecule has 18 heavy (non-hydrogen) atoms. The van der Waals surface area contributed by atoms with E-state index in [-0.39, 0.29) is 12.6 Å². The van der Waals surface area contributed by atoms with Crippen molar-refractivity contribution >= 4 is 6.03 Å². The highest BCUT2D eigenvalue weighted by molar-refractivity contribution is 5.75. The molecule has 0 aliphatic carbocycles. The Morgan fingerprint density at radius 3 is 2.72 bits per heavy atom. The van der Waals surface area contributed by atoms with Crippen LogP contribution in [0.3, 0.4) is 0 Å². The lowest BCUT2D eigenvalue weighted by molar-refractivity contribution is -0.259. The van der Waals surface area contributed by atoms with Crippen molar-refractivity contribution in [1.82, 2.24) is 10.2 Å². The van der Waals surface area contributed by atoms with Crippen molar-refractivity contribution in [2.75, 3.05) is 19.6 Å². The molecule has 0 aromatic rings. The molecule has 8 heteroatoms. The number of ether oxygens (including phenoxy) is 1. The van der Waals surface area contributed by atoms with Gasteiger partial charge in [-0.25, -0.2) is 4.79 Å². The highest BCUT2D eigenvalue weighted by Crippen LogP contribution is 2.24. The van der Waals surface area contributed by atoms with Gasteiger partial charge in [0.2, 0.25) is 0 Å². The summed E-state index contributed by atoms with van der Waals surface area (Å²) < 4.78 is 5.13. The van der Waals surface area contributed by atoms with Crippen LogP contribution in [0.1, 0.15) is 6.42 Å². The van der Waals surface area contributed by atoms with Crippen molar-refractivity contribution in [2.45, 2.75) is 37.1 Å². The van der Waals surface area contributed by atoms with E-state index >= 15 is 0 Å². The standard InChI is InChI=1S/C10H19N3O5/c11-4-5-7(14)8(15)6(9(16)18-5)13-3-1-2-12-10(13)17/h5-9,14-16H,1-4,11H2,(H,12,17)/t5-,6+,7+,8-,9?/m1/s1. The SMILES string of the molecule is NC[C@H]1OC(O)[C@@H](N2CCCNC2=O)[C@@H](O)[C@H]1O. The number of hydrogen-bond donors (Lipinski definition) is 5. The van der Waals surface area contributed by atoms with E-state index in [2.05, 4.69) is 5.32 Å². The average molecular weight is 261 g/mol. The first-order chi connectivity index (χ1) is 8.56. The highest BCUT2D eigenvalue weighted by atomic mass is 16.6. The molecule has 0 spiro atoms. The van der Waals surface area contributed by atoms with Gasteiger partial charge >= 0.3 is 6.03 Å². The minimum absolute atomic E-state index is 0.0196. The number of amides is 2. The van der Waals surface area contributed by atoms with Gasteiger partial charge in [-0.05, 0) is 6.42 Å². The average Bonchev–Trinajstić information content (AvgIpc) is 2.36. The topological polar surface area (TPSA) is 128 Å². The number of hydrogen-bond acceptors (Lipinski definition) is 6. The molecule has 6 N–H and O–H groups in total. The largest absolute Gasteiger partial charge is 0.388 e. The second kappa shape index (κ2) is 5.37. The van der Waals surface area contributed by atoms with Gasteiger partial charge in [-0.3, -0.25) is 0 Å². The molecular formula is C10H19N3O5. The Morgan fingerprint density at radius 2 is 2.11 bits per heavy atom. The van der Waals surface area contributed by atoms with Crippen molar-refractivity contribution in [3.63, 3.8) is 0 Å². The maximum absolute atomic E-state index is 11.7. The summed E-state index contributed by atoms with van der Waals surface area (Å²) in [5.74, 6) is 0. The normalized spacial score (nSPS) is 41.7. The summed E-state index contributed by atoms with van der Waals surface area (Å²) >= 11 is 0. The zero-order valence-corrected chi connectivity index (χ0v) is 9.90. The van der Waals surface area contributed by atoms with Crippen molar-refractivity contribution < 1.29 is 24.9 Å². The molecule has 2 heterocycles. The van der Waals surface area contributed by atoms with Gasteiger partial charge in [-0.2, -0.15) is 0 Å². The Kier molecular flexibility index (Phi) is 4.03. The summed E-state index contributed by atoms with van der Waals surface area (Å²) in [7, 11) is 0. The first-order valence-electron chi connectivity index (χ1n) is 6.00. The third-order valence-electron chi connectivity index (χ3n) is 3.39. The predicted molar refractivity (Wildman–Crippen MR) is 60.5 cm³/mol. The van der Waals surface area contributed by atoms with Gasteiger partial charge in [0.15, 0.2) is 6.29 Å². The lowest BCUT2D eigenvalue weighted by Crippen LogP contribution is -2.67. The van der Waals surface area contributed by atoms with Gasteiger partial charge in [0, 0.05) is 19.6 Å². The van der Waals surface area contributed by atoms with Crippen LogP contribution in [-0.2, 0) is 4.74 Å². The smallest absolute Gasteiger partial charge is 0.317 e. The monoisotopic (exact) mass is 261 g/mol. The number of nitrogens with zero attached hydrogens (tertiary/aromatic N) is 1.